The van der Waals surface area contributed by atoms with Crippen LogP contribution in [0.15, 0.2) is 6.20 Å². The molecule has 0 saturated heterocycles. The fourth-order valence-electron chi connectivity index (χ4n) is 0.642. The summed E-state index contributed by atoms with van der Waals surface area (Å²) >= 11 is 0. The molecule has 1 aromatic heterocycles. The Morgan fingerprint density at radius 2 is 1.86 bits per heavy atom. The van der Waals surface area contributed by atoms with E-state index in [0.29, 0.717) is 6.20 Å². The summed E-state index contributed by atoms with van der Waals surface area (Å²) in [5.41, 5.74) is 3.69. The maximum atomic E-state index is 12.7. The lowest BCUT2D eigenvalue weighted by Gasteiger charge is -2.09. The number of hydrogen-bond donors (Lipinski definition) is 1. The number of nitrogen functional groups attached to an aromatic ring is 1. The van der Waals surface area contributed by atoms with E-state index in [-0.39, 0.29) is 0 Å². The third-order valence-corrected chi connectivity index (χ3v) is 1.19. The average molecular weight is 214 g/mol. The molecule has 0 amide bonds. The Morgan fingerprint density at radius 3 is 2.36 bits per heavy atom. The van der Waals surface area contributed by atoms with Crippen LogP contribution in [0.5, 0.6) is 5.88 Å². The number of halogens is 5. The first-order chi connectivity index (χ1) is 6.31. The van der Waals surface area contributed by atoms with Gasteiger partial charge < -0.3 is 10.5 Å². The number of hydrogen-bond acceptors (Lipinski definition) is 3. The smallest absolute Gasteiger partial charge is 0.394 e. The monoisotopic (exact) mass is 214 g/mol. The lowest BCUT2D eigenvalue weighted by atomic mass is 10.4. The van der Waals surface area contributed by atoms with Crippen LogP contribution < -0.4 is 10.5 Å². The van der Waals surface area contributed by atoms with E-state index in [1.807, 2.05) is 0 Å². The summed E-state index contributed by atoms with van der Waals surface area (Å²) in [6.45, 7) is 0. The molecule has 0 spiro atoms. The van der Waals surface area contributed by atoms with Crippen LogP contribution in [0.3, 0.4) is 0 Å². The predicted molar refractivity (Wildman–Crippen MR) is 35.2 cm³/mol. The second kappa shape index (κ2) is 3.28. The zero-order chi connectivity index (χ0) is 10.9. The van der Waals surface area contributed by atoms with Crippen LogP contribution in [0.25, 0.3) is 0 Å². The minimum atomic E-state index is -5.10. The number of nitrogens with zero attached hydrogens (tertiary/aromatic N) is 1. The van der Waals surface area contributed by atoms with Crippen molar-refractivity contribution in [3.8, 4) is 5.88 Å². The van der Waals surface area contributed by atoms with Crippen LogP contribution in [-0.2, 0) is 0 Å². The zero-order valence-electron chi connectivity index (χ0n) is 6.40. The molecule has 0 saturated carbocycles. The molecule has 0 atom stereocenters. The van der Waals surface area contributed by atoms with Crippen LogP contribution in [0.1, 0.15) is 0 Å². The molecule has 1 heterocycles. The minimum absolute atomic E-state index is 0.333. The van der Waals surface area contributed by atoms with E-state index < -0.39 is 29.6 Å². The first-order valence-electron chi connectivity index (χ1n) is 3.16. The molecule has 3 nitrogen and oxygen atoms in total. The van der Waals surface area contributed by atoms with Crippen LogP contribution in [0.4, 0.5) is 27.6 Å². The largest absolute Gasteiger partial charge is 0.574 e. The van der Waals surface area contributed by atoms with E-state index in [9.17, 15) is 22.0 Å². The minimum Gasteiger partial charge on any atom is -0.394 e. The molecule has 0 aliphatic carbocycles. The van der Waals surface area contributed by atoms with Gasteiger partial charge in [0.2, 0.25) is 5.82 Å². The van der Waals surface area contributed by atoms with Gasteiger partial charge in [0, 0.05) is 0 Å². The SMILES string of the molecule is Nc1c(F)cnc(OC(F)(F)F)c1F. The number of anilines is 1. The van der Waals surface area contributed by atoms with E-state index in [1.165, 1.54) is 0 Å². The molecule has 0 bridgehead atoms. The topological polar surface area (TPSA) is 48.1 Å². The summed E-state index contributed by atoms with van der Waals surface area (Å²) in [6.07, 6.45) is -4.77. The molecule has 2 N–H and O–H groups in total. The Hall–Kier alpha value is -1.60. The van der Waals surface area contributed by atoms with Crippen LogP contribution in [0, 0.1) is 11.6 Å². The molecule has 0 fully saturated rings. The van der Waals surface area contributed by atoms with Crippen molar-refractivity contribution in [3.05, 3.63) is 17.8 Å². The van der Waals surface area contributed by atoms with Crippen LogP contribution in [-0.4, -0.2) is 11.3 Å². The molecular formula is C6H3F5N2O. The van der Waals surface area contributed by atoms with Gasteiger partial charge in [-0.2, -0.15) is 4.39 Å². The molecule has 8 heteroatoms. The highest BCUT2D eigenvalue weighted by molar-refractivity contribution is 5.43. The highest BCUT2D eigenvalue weighted by Gasteiger charge is 2.33. The Morgan fingerprint density at radius 1 is 1.29 bits per heavy atom. The summed E-state index contributed by atoms with van der Waals surface area (Å²) < 4.78 is 63.1. The fourth-order valence-corrected chi connectivity index (χ4v) is 0.642. The molecule has 0 aliphatic heterocycles. The van der Waals surface area contributed by atoms with Gasteiger partial charge >= 0.3 is 6.36 Å². The van der Waals surface area contributed by atoms with Gasteiger partial charge in [0.05, 0.1) is 6.20 Å². The third kappa shape index (κ3) is 2.21. The van der Waals surface area contributed by atoms with E-state index in [4.69, 9.17) is 5.73 Å². The van der Waals surface area contributed by atoms with Crippen molar-refractivity contribution >= 4 is 5.69 Å². The third-order valence-electron chi connectivity index (χ3n) is 1.19. The molecule has 0 unspecified atom stereocenters. The molecule has 0 radical (unpaired) electrons. The first-order valence-corrected chi connectivity index (χ1v) is 3.16. The molecule has 1 rings (SSSR count). The quantitative estimate of drug-likeness (QED) is 0.725. The summed E-state index contributed by atoms with van der Waals surface area (Å²) in [5, 5.41) is 0. The average Bonchev–Trinajstić information content (AvgIpc) is 2.04. The lowest BCUT2D eigenvalue weighted by Crippen LogP contribution is -2.19. The van der Waals surface area contributed by atoms with Crippen molar-refractivity contribution in [2.75, 3.05) is 5.73 Å². The summed E-state index contributed by atoms with van der Waals surface area (Å²) in [4.78, 5) is 2.75. The van der Waals surface area contributed by atoms with E-state index in [0.717, 1.165) is 0 Å². The Kier molecular flexibility index (Phi) is 2.45. The van der Waals surface area contributed by atoms with Crippen LogP contribution >= 0.6 is 0 Å². The number of aromatic nitrogens is 1. The molecule has 78 valence electrons. The Labute approximate surface area is 74.3 Å². The molecule has 1 aromatic rings. The predicted octanol–water partition coefficient (Wildman–Crippen LogP) is 1.84. The summed E-state index contributed by atoms with van der Waals surface area (Å²) in [5.74, 6) is -4.34. The zero-order valence-corrected chi connectivity index (χ0v) is 6.40. The highest BCUT2D eigenvalue weighted by Crippen LogP contribution is 2.27. The maximum Gasteiger partial charge on any atom is 0.574 e. The van der Waals surface area contributed by atoms with Crippen molar-refractivity contribution in [1.82, 2.24) is 4.98 Å². The number of pyridine rings is 1. The number of rotatable bonds is 1. The molecule has 0 aliphatic rings. The van der Waals surface area contributed by atoms with Crippen molar-refractivity contribution in [3.63, 3.8) is 0 Å². The van der Waals surface area contributed by atoms with Gasteiger partial charge in [0.1, 0.15) is 5.69 Å². The van der Waals surface area contributed by atoms with Gasteiger partial charge in [0.25, 0.3) is 5.88 Å². The van der Waals surface area contributed by atoms with Gasteiger partial charge in [0.15, 0.2) is 5.82 Å². The van der Waals surface area contributed by atoms with Gasteiger partial charge in [-0.15, -0.1) is 13.2 Å². The molecule has 14 heavy (non-hydrogen) atoms. The van der Waals surface area contributed by atoms with Gasteiger partial charge in [-0.1, -0.05) is 0 Å². The van der Waals surface area contributed by atoms with Crippen molar-refractivity contribution in [2.24, 2.45) is 0 Å². The van der Waals surface area contributed by atoms with Crippen molar-refractivity contribution in [2.45, 2.75) is 6.36 Å². The van der Waals surface area contributed by atoms with Gasteiger partial charge in [-0.3, -0.25) is 0 Å². The standard InChI is InChI=1S/C6H3F5N2O/c7-2-1-13-5(3(8)4(2)12)14-6(9,10)11/h1H,(H2,12,13). The molecular weight excluding hydrogens is 211 g/mol. The highest BCUT2D eigenvalue weighted by atomic mass is 19.4. The molecule has 0 aromatic carbocycles. The second-order valence-electron chi connectivity index (χ2n) is 2.19. The Balaban J connectivity index is 3.06. The summed E-state index contributed by atoms with van der Waals surface area (Å²) in [7, 11) is 0. The normalized spacial score (nSPS) is 11.5. The first kappa shape index (κ1) is 10.5. The number of ether oxygens (including phenoxy) is 1. The van der Waals surface area contributed by atoms with E-state index >= 15 is 0 Å². The number of nitrogens with two attached hydrogens (primary N) is 1. The van der Waals surface area contributed by atoms with Crippen molar-refractivity contribution < 1.29 is 26.7 Å². The van der Waals surface area contributed by atoms with E-state index in [1.54, 1.807) is 0 Å². The Bertz CT molecular complexity index is 351. The fraction of sp³-hybridized carbons (Fsp3) is 0.167. The lowest BCUT2D eigenvalue weighted by molar-refractivity contribution is -0.277. The van der Waals surface area contributed by atoms with Crippen LogP contribution in [0.2, 0.25) is 0 Å². The second-order valence-corrected chi connectivity index (χ2v) is 2.19. The van der Waals surface area contributed by atoms with E-state index in [2.05, 4.69) is 9.72 Å². The van der Waals surface area contributed by atoms with Crippen molar-refractivity contribution in [1.29, 1.82) is 0 Å². The van der Waals surface area contributed by atoms with Gasteiger partial charge in [-0.25, -0.2) is 9.37 Å². The van der Waals surface area contributed by atoms with Gasteiger partial charge in [-0.05, 0) is 0 Å². The maximum absolute atomic E-state index is 12.7. The summed E-state index contributed by atoms with van der Waals surface area (Å²) in [6, 6.07) is 0. The number of alkyl halides is 3.